The van der Waals surface area contributed by atoms with Gasteiger partial charge in [-0.15, -0.1) is 11.8 Å². The van der Waals surface area contributed by atoms with Crippen molar-refractivity contribution in [3.63, 3.8) is 0 Å². The number of hydrogen-bond donors (Lipinski definition) is 1. The minimum absolute atomic E-state index is 0.110. The summed E-state index contributed by atoms with van der Waals surface area (Å²) < 4.78 is 24.6. The number of rotatable bonds is 8. The fourth-order valence-electron chi connectivity index (χ4n) is 2.22. The fourth-order valence-corrected chi connectivity index (χ4v) is 4.58. The molecule has 0 spiro atoms. The van der Waals surface area contributed by atoms with Gasteiger partial charge in [-0.3, -0.25) is 4.79 Å². The lowest BCUT2D eigenvalue weighted by Gasteiger charge is -2.23. The third-order valence-electron chi connectivity index (χ3n) is 4.09. The molecule has 5 nitrogen and oxygen atoms in total. The number of sulfone groups is 1. The first-order valence-electron chi connectivity index (χ1n) is 8.48. The molecule has 0 unspecified atom stereocenters. The highest BCUT2D eigenvalue weighted by atomic mass is 79.9. The molecular weight excluding hydrogens is 448 g/mol. The zero-order valence-corrected chi connectivity index (χ0v) is 18.7. The molecule has 2 aromatic rings. The number of amides is 1. The Morgan fingerprint density at radius 3 is 2.44 bits per heavy atom. The van der Waals surface area contributed by atoms with Crippen LogP contribution in [-0.2, 0) is 14.6 Å². The number of nitrogens with one attached hydrogen (secondary N) is 1. The number of aryl methyl sites for hydroxylation is 1. The van der Waals surface area contributed by atoms with E-state index in [2.05, 4.69) is 50.5 Å². The Hall–Kier alpha value is -1.38. The monoisotopic (exact) mass is 470 g/mol. The highest BCUT2D eigenvalue weighted by Crippen LogP contribution is 2.25. The van der Waals surface area contributed by atoms with Gasteiger partial charge in [0.2, 0.25) is 15.7 Å². The quantitative estimate of drug-likeness (QED) is 0.465. The van der Waals surface area contributed by atoms with Crippen LogP contribution in [0.5, 0.6) is 0 Å². The maximum atomic E-state index is 12.8. The average molecular weight is 471 g/mol. The zero-order valence-electron chi connectivity index (χ0n) is 15.5. The van der Waals surface area contributed by atoms with Crippen LogP contribution in [0.15, 0.2) is 57.0 Å². The summed E-state index contributed by atoms with van der Waals surface area (Å²) >= 11 is 4.93. The lowest BCUT2D eigenvalue weighted by atomic mass is 10.2. The van der Waals surface area contributed by atoms with Crippen LogP contribution < -0.4 is 5.32 Å². The molecule has 0 saturated heterocycles. The van der Waals surface area contributed by atoms with Crippen LogP contribution in [0.2, 0.25) is 0 Å². The molecule has 146 valence electrons. The number of aromatic nitrogens is 1. The van der Waals surface area contributed by atoms with Crippen molar-refractivity contribution in [2.75, 3.05) is 12.3 Å². The fraction of sp³-hybridized carbons (Fsp3) is 0.368. The van der Waals surface area contributed by atoms with E-state index in [9.17, 15) is 13.2 Å². The number of carbonyl (C=O) groups is 1. The van der Waals surface area contributed by atoms with Crippen LogP contribution in [0, 0.1) is 6.92 Å². The van der Waals surface area contributed by atoms with E-state index in [1.807, 2.05) is 6.92 Å². The lowest BCUT2D eigenvalue weighted by Crippen LogP contribution is -2.48. The average Bonchev–Trinajstić information content (AvgIpc) is 2.63. The number of hydrogen-bond acceptors (Lipinski definition) is 5. The third-order valence-corrected chi connectivity index (χ3v) is 7.98. The predicted octanol–water partition coefficient (Wildman–Crippen LogP) is 4.00. The normalized spacial score (nSPS) is 12.0. The number of thioether (sulfide) groups is 1. The second-order valence-electron chi connectivity index (χ2n) is 6.60. The number of halogens is 1. The molecule has 0 aliphatic heterocycles. The van der Waals surface area contributed by atoms with Gasteiger partial charge in [-0.2, -0.15) is 0 Å². The standard InChI is InChI=1S/C19H23BrN2O3S2/c1-14-5-8-16(9-6-14)26-12-4-11-21-18(23)19(2,3)27(24,25)17-10-7-15(20)13-22-17/h5-10,13H,4,11-12H2,1-3H3,(H,21,23). The lowest BCUT2D eigenvalue weighted by molar-refractivity contribution is -0.122. The molecule has 1 heterocycles. The molecule has 1 aromatic heterocycles. The third kappa shape index (κ3) is 5.56. The molecule has 0 aliphatic carbocycles. The molecule has 1 aromatic carbocycles. The van der Waals surface area contributed by atoms with Crippen molar-refractivity contribution in [3.05, 3.63) is 52.6 Å². The minimum Gasteiger partial charge on any atom is -0.355 e. The molecule has 0 atom stereocenters. The second kappa shape index (κ2) is 9.21. The van der Waals surface area contributed by atoms with E-state index in [1.165, 1.54) is 36.6 Å². The molecule has 1 N–H and O–H groups in total. The van der Waals surface area contributed by atoms with E-state index in [4.69, 9.17) is 0 Å². The Morgan fingerprint density at radius 1 is 1.19 bits per heavy atom. The Morgan fingerprint density at radius 2 is 1.85 bits per heavy atom. The summed E-state index contributed by atoms with van der Waals surface area (Å²) in [7, 11) is -3.89. The van der Waals surface area contributed by atoms with E-state index in [0.717, 1.165) is 12.2 Å². The van der Waals surface area contributed by atoms with Gasteiger partial charge >= 0.3 is 0 Å². The summed E-state index contributed by atoms with van der Waals surface area (Å²) in [5, 5.41) is 2.63. The van der Waals surface area contributed by atoms with Crippen LogP contribution >= 0.6 is 27.7 Å². The second-order valence-corrected chi connectivity index (χ2v) is 11.1. The summed E-state index contributed by atoms with van der Waals surface area (Å²) in [6, 6.07) is 11.3. The van der Waals surface area contributed by atoms with Crippen molar-refractivity contribution in [1.82, 2.24) is 10.3 Å². The summed E-state index contributed by atoms with van der Waals surface area (Å²) in [5.41, 5.74) is 1.22. The molecule has 0 bridgehead atoms. The Kier molecular flexibility index (Phi) is 7.47. The number of benzene rings is 1. The summed E-state index contributed by atoms with van der Waals surface area (Å²) in [6.45, 7) is 5.28. The van der Waals surface area contributed by atoms with Gasteiger partial charge < -0.3 is 5.32 Å². The van der Waals surface area contributed by atoms with Crippen LogP contribution in [0.3, 0.4) is 0 Å². The predicted molar refractivity (Wildman–Crippen MR) is 113 cm³/mol. The van der Waals surface area contributed by atoms with E-state index in [0.29, 0.717) is 11.0 Å². The molecular formula is C19H23BrN2O3S2. The smallest absolute Gasteiger partial charge is 0.241 e. The highest BCUT2D eigenvalue weighted by molar-refractivity contribution is 9.10. The molecule has 0 saturated carbocycles. The van der Waals surface area contributed by atoms with Crippen molar-refractivity contribution >= 4 is 43.4 Å². The van der Waals surface area contributed by atoms with E-state index < -0.39 is 20.5 Å². The maximum absolute atomic E-state index is 12.8. The van der Waals surface area contributed by atoms with Crippen LogP contribution in [0.25, 0.3) is 0 Å². The van der Waals surface area contributed by atoms with Gasteiger partial charge in [0, 0.05) is 22.1 Å². The van der Waals surface area contributed by atoms with Crippen molar-refractivity contribution in [1.29, 1.82) is 0 Å². The van der Waals surface area contributed by atoms with Crippen LogP contribution in [0.1, 0.15) is 25.8 Å². The van der Waals surface area contributed by atoms with Crippen molar-refractivity contribution < 1.29 is 13.2 Å². The summed E-state index contributed by atoms with van der Waals surface area (Å²) in [4.78, 5) is 17.6. The van der Waals surface area contributed by atoms with Crippen molar-refractivity contribution in [3.8, 4) is 0 Å². The maximum Gasteiger partial charge on any atom is 0.241 e. The first-order valence-corrected chi connectivity index (χ1v) is 11.7. The molecule has 0 aliphatic rings. The van der Waals surface area contributed by atoms with E-state index >= 15 is 0 Å². The van der Waals surface area contributed by atoms with Crippen LogP contribution in [0.4, 0.5) is 0 Å². The topological polar surface area (TPSA) is 76.1 Å². The first kappa shape index (κ1) is 21.9. The molecule has 8 heteroatoms. The SMILES string of the molecule is Cc1ccc(SCCCNC(=O)C(C)(C)S(=O)(=O)c2ccc(Br)cn2)cc1. The Balaban J connectivity index is 1.88. The van der Waals surface area contributed by atoms with Crippen molar-refractivity contribution in [2.45, 2.75) is 41.9 Å². The molecule has 1 amide bonds. The van der Waals surface area contributed by atoms with Gasteiger partial charge in [0.15, 0.2) is 9.77 Å². The van der Waals surface area contributed by atoms with Gasteiger partial charge in [0.05, 0.1) is 0 Å². The van der Waals surface area contributed by atoms with Gasteiger partial charge in [-0.25, -0.2) is 13.4 Å². The van der Waals surface area contributed by atoms with Gasteiger partial charge in [0.1, 0.15) is 0 Å². The zero-order chi connectivity index (χ0) is 20.1. The minimum atomic E-state index is -3.89. The molecule has 0 fully saturated rings. The van der Waals surface area contributed by atoms with Gasteiger partial charge in [-0.1, -0.05) is 17.7 Å². The largest absolute Gasteiger partial charge is 0.355 e. The van der Waals surface area contributed by atoms with Gasteiger partial charge in [0.25, 0.3) is 0 Å². The first-order chi connectivity index (χ1) is 12.6. The number of nitrogens with zero attached hydrogens (tertiary/aromatic N) is 1. The molecule has 27 heavy (non-hydrogen) atoms. The van der Waals surface area contributed by atoms with Crippen LogP contribution in [-0.4, -0.2) is 36.4 Å². The van der Waals surface area contributed by atoms with Crippen molar-refractivity contribution in [2.24, 2.45) is 0 Å². The highest BCUT2D eigenvalue weighted by Gasteiger charge is 2.43. The Bertz CT molecular complexity index is 880. The Labute approximate surface area is 173 Å². The van der Waals surface area contributed by atoms with E-state index in [-0.39, 0.29) is 5.03 Å². The summed E-state index contributed by atoms with van der Waals surface area (Å²) in [5.74, 6) is 0.317. The number of carbonyl (C=O) groups excluding carboxylic acids is 1. The molecule has 2 rings (SSSR count). The molecule has 0 radical (unpaired) electrons. The number of pyridine rings is 1. The van der Waals surface area contributed by atoms with Gasteiger partial charge in [-0.05, 0) is 73.1 Å². The van der Waals surface area contributed by atoms with E-state index in [1.54, 1.807) is 17.8 Å². The summed E-state index contributed by atoms with van der Waals surface area (Å²) in [6.07, 6.45) is 2.15.